The van der Waals surface area contributed by atoms with Crippen molar-refractivity contribution in [3.63, 3.8) is 0 Å². The first-order valence-corrected chi connectivity index (χ1v) is 9.00. The Morgan fingerprint density at radius 2 is 1.58 bits per heavy atom. The molecule has 24 heavy (non-hydrogen) atoms. The molecule has 0 amide bonds. The molecule has 0 aromatic carbocycles. The Hall–Kier alpha value is -1.08. The predicted octanol–water partition coefficient (Wildman–Crippen LogP) is 2.06. The molecular weight excluding hydrogens is 304 g/mol. The van der Waals surface area contributed by atoms with Gasteiger partial charge in [-0.3, -0.25) is 4.90 Å². The standard InChI is InChI=1S/C18H36N4O2/c1-15-16(18(20)17(14-19)21-15)8-6-4-5-7-9-22(10-12-23-2)11-13-24-3/h21H,4-14,19-20H2,1-3H3. The maximum atomic E-state index is 6.15. The first kappa shape index (κ1) is 21.0. The maximum absolute atomic E-state index is 6.15. The zero-order chi connectivity index (χ0) is 17.8. The summed E-state index contributed by atoms with van der Waals surface area (Å²) < 4.78 is 10.3. The van der Waals surface area contributed by atoms with Crippen LogP contribution >= 0.6 is 0 Å². The number of anilines is 1. The van der Waals surface area contributed by atoms with Gasteiger partial charge in [0.2, 0.25) is 0 Å². The molecule has 1 rings (SSSR count). The molecule has 0 aliphatic heterocycles. The summed E-state index contributed by atoms with van der Waals surface area (Å²) in [5.41, 5.74) is 16.1. The highest BCUT2D eigenvalue weighted by atomic mass is 16.5. The molecule has 0 saturated carbocycles. The molecule has 6 nitrogen and oxygen atoms in total. The van der Waals surface area contributed by atoms with E-state index in [1.807, 2.05) is 0 Å². The number of nitrogens with zero attached hydrogens (tertiary/aromatic N) is 1. The van der Waals surface area contributed by atoms with Crippen molar-refractivity contribution in [3.8, 4) is 0 Å². The molecule has 0 atom stereocenters. The van der Waals surface area contributed by atoms with Gasteiger partial charge >= 0.3 is 0 Å². The fourth-order valence-electron chi connectivity index (χ4n) is 3.00. The number of rotatable bonds is 14. The third-order valence-corrected chi connectivity index (χ3v) is 4.52. The SMILES string of the molecule is COCCN(CCCCCCc1c(C)[nH]c(CN)c1N)CCOC. The Bertz CT molecular complexity index is 440. The van der Waals surface area contributed by atoms with Gasteiger partial charge in [0.15, 0.2) is 0 Å². The Morgan fingerprint density at radius 1 is 0.958 bits per heavy atom. The first-order valence-electron chi connectivity index (χ1n) is 9.00. The van der Waals surface area contributed by atoms with Crippen molar-refractivity contribution < 1.29 is 9.47 Å². The smallest absolute Gasteiger partial charge is 0.0589 e. The normalized spacial score (nSPS) is 11.5. The Kier molecular flexibility index (Phi) is 10.7. The minimum absolute atomic E-state index is 0.478. The monoisotopic (exact) mass is 340 g/mol. The predicted molar refractivity (Wildman–Crippen MR) is 100 cm³/mol. The molecule has 1 aromatic rings. The van der Waals surface area contributed by atoms with Gasteiger partial charge < -0.3 is 25.9 Å². The van der Waals surface area contributed by atoms with Gasteiger partial charge in [-0.1, -0.05) is 12.8 Å². The molecule has 1 aromatic heterocycles. The van der Waals surface area contributed by atoms with Crippen molar-refractivity contribution >= 4 is 5.69 Å². The lowest BCUT2D eigenvalue weighted by atomic mass is 10.0. The average Bonchev–Trinajstić information content (AvgIpc) is 2.86. The lowest BCUT2D eigenvalue weighted by molar-refractivity contribution is 0.113. The number of nitrogen functional groups attached to an aromatic ring is 1. The van der Waals surface area contributed by atoms with E-state index in [2.05, 4.69) is 16.8 Å². The Labute approximate surface area is 146 Å². The third kappa shape index (κ3) is 7.21. The molecule has 6 heteroatoms. The largest absolute Gasteiger partial charge is 0.397 e. The molecule has 0 unspecified atom stereocenters. The summed E-state index contributed by atoms with van der Waals surface area (Å²) in [6, 6.07) is 0. The number of aryl methyl sites for hydroxylation is 1. The van der Waals surface area contributed by atoms with E-state index in [4.69, 9.17) is 20.9 Å². The van der Waals surface area contributed by atoms with E-state index < -0.39 is 0 Å². The summed E-state index contributed by atoms with van der Waals surface area (Å²) in [6.07, 6.45) is 5.88. The van der Waals surface area contributed by atoms with Gasteiger partial charge in [-0.15, -0.1) is 0 Å². The molecule has 140 valence electrons. The molecule has 0 bridgehead atoms. The van der Waals surface area contributed by atoms with Gasteiger partial charge in [0.05, 0.1) is 24.6 Å². The fourth-order valence-corrected chi connectivity index (χ4v) is 3.00. The van der Waals surface area contributed by atoms with Crippen LogP contribution in [-0.4, -0.2) is 57.0 Å². The van der Waals surface area contributed by atoms with Crippen LogP contribution in [0.5, 0.6) is 0 Å². The third-order valence-electron chi connectivity index (χ3n) is 4.52. The molecule has 0 fully saturated rings. The first-order chi connectivity index (χ1) is 11.6. The summed E-state index contributed by atoms with van der Waals surface area (Å²) in [5, 5.41) is 0. The van der Waals surface area contributed by atoms with Gasteiger partial charge in [0, 0.05) is 39.5 Å². The molecule has 0 spiro atoms. The van der Waals surface area contributed by atoms with Gasteiger partial charge in [0.25, 0.3) is 0 Å². The Balaban J connectivity index is 2.21. The maximum Gasteiger partial charge on any atom is 0.0589 e. The number of aromatic amines is 1. The molecular formula is C18H36N4O2. The van der Waals surface area contributed by atoms with Crippen LogP contribution in [0.2, 0.25) is 0 Å². The summed E-state index contributed by atoms with van der Waals surface area (Å²) in [5.74, 6) is 0. The Morgan fingerprint density at radius 3 is 2.12 bits per heavy atom. The minimum Gasteiger partial charge on any atom is -0.397 e. The number of aromatic nitrogens is 1. The number of hydrogen-bond donors (Lipinski definition) is 3. The van der Waals surface area contributed by atoms with Gasteiger partial charge in [-0.25, -0.2) is 0 Å². The summed E-state index contributed by atoms with van der Waals surface area (Å²) >= 11 is 0. The van der Waals surface area contributed by atoms with E-state index in [0.717, 1.165) is 50.7 Å². The van der Waals surface area contributed by atoms with E-state index in [9.17, 15) is 0 Å². The number of unbranched alkanes of at least 4 members (excludes halogenated alkanes) is 3. The number of nitrogens with two attached hydrogens (primary N) is 2. The van der Waals surface area contributed by atoms with Crippen LogP contribution in [0, 0.1) is 6.92 Å². The number of nitrogens with one attached hydrogen (secondary N) is 1. The molecule has 0 saturated heterocycles. The van der Waals surface area contributed by atoms with Gasteiger partial charge in [0.1, 0.15) is 0 Å². The van der Waals surface area contributed by atoms with Crippen LogP contribution in [0.25, 0.3) is 0 Å². The van der Waals surface area contributed by atoms with Crippen molar-refractivity contribution in [1.82, 2.24) is 9.88 Å². The quantitative estimate of drug-likeness (QED) is 0.451. The summed E-state index contributed by atoms with van der Waals surface area (Å²) in [7, 11) is 3.50. The van der Waals surface area contributed by atoms with Gasteiger partial charge in [-0.2, -0.15) is 0 Å². The van der Waals surface area contributed by atoms with E-state index in [1.165, 1.54) is 36.9 Å². The number of H-pyrrole nitrogens is 1. The van der Waals surface area contributed by atoms with Crippen LogP contribution in [0.3, 0.4) is 0 Å². The highest BCUT2D eigenvalue weighted by molar-refractivity contribution is 5.54. The fraction of sp³-hybridized carbons (Fsp3) is 0.778. The van der Waals surface area contributed by atoms with Crippen LogP contribution in [0.4, 0.5) is 5.69 Å². The van der Waals surface area contributed by atoms with Crippen molar-refractivity contribution in [1.29, 1.82) is 0 Å². The molecule has 0 aliphatic rings. The highest BCUT2D eigenvalue weighted by Crippen LogP contribution is 2.23. The van der Waals surface area contributed by atoms with Crippen molar-refractivity contribution in [2.24, 2.45) is 5.73 Å². The van der Waals surface area contributed by atoms with Crippen molar-refractivity contribution in [3.05, 3.63) is 17.0 Å². The zero-order valence-electron chi connectivity index (χ0n) is 15.7. The minimum atomic E-state index is 0.478. The lowest BCUT2D eigenvalue weighted by Crippen LogP contribution is -2.31. The second kappa shape index (κ2) is 12.3. The highest BCUT2D eigenvalue weighted by Gasteiger charge is 2.10. The van der Waals surface area contributed by atoms with E-state index >= 15 is 0 Å². The number of hydrogen-bond acceptors (Lipinski definition) is 5. The van der Waals surface area contributed by atoms with Crippen LogP contribution in [0.1, 0.15) is 42.6 Å². The van der Waals surface area contributed by atoms with E-state index in [-0.39, 0.29) is 0 Å². The summed E-state index contributed by atoms with van der Waals surface area (Å²) in [6.45, 7) is 7.16. The average molecular weight is 341 g/mol. The van der Waals surface area contributed by atoms with E-state index in [1.54, 1.807) is 14.2 Å². The number of ether oxygens (including phenoxy) is 2. The van der Waals surface area contributed by atoms with Crippen molar-refractivity contribution in [2.75, 3.05) is 52.8 Å². The van der Waals surface area contributed by atoms with Crippen LogP contribution in [0.15, 0.2) is 0 Å². The second-order valence-electron chi connectivity index (χ2n) is 6.32. The summed E-state index contributed by atoms with van der Waals surface area (Å²) in [4.78, 5) is 5.70. The second-order valence-corrected chi connectivity index (χ2v) is 6.32. The zero-order valence-corrected chi connectivity index (χ0v) is 15.7. The van der Waals surface area contributed by atoms with Gasteiger partial charge in [-0.05, 0) is 38.3 Å². The van der Waals surface area contributed by atoms with Crippen LogP contribution in [-0.2, 0) is 22.4 Å². The lowest BCUT2D eigenvalue weighted by Gasteiger charge is -2.21. The topological polar surface area (TPSA) is 89.5 Å². The molecule has 1 heterocycles. The molecule has 0 radical (unpaired) electrons. The number of methoxy groups -OCH3 is 2. The van der Waals surface area contributed by atoms with Crippen molar-refractivity contribution in [2.45, 2.75) is 45.6 Å². The molecule has 5 N–H and O–H groups in total. The van der Waals surface area contributed by atoms with E-state index in [0.29, 0.717) is 6.54 Å². The van der Waals surface area contributed by atoms with Crippen LogP contribution < -0.4 is 11.5 Å². The molecule has 0 aliphatic carbocycles.